The molecule has 2 saturated heterocycles. The first-order valence-electron chi connectivity index (χ1n) is 10.4. The summed E-state index contributed by atoms with van der Waals surface area (Å²) in [5, 5.41) is 12.3. The van der Waals surface area contributed by atoms with Crippen molar-refractivity contribution in [3.8, 4) is 6.07 Å². The first kappa shape index (κ1) is 22.1. The molecule has 4 rings (SSSR count). The molecule has 2 aliphatic heterocycles. The van der Waals surface area contributed by atoms with Crippen molar-refractivity contribution in [2.75, 3.05) is 56.2 Å². The van der Waals surface area contributed by atoms with Crippen molar-refractivity contribution in [3.63, 3.8) is 0 Å². The summed E-state index contributed by atoms with van der Waals surface area (Å²) >= 11 is 4.91. The largest absolute Gasteiger partial charge is 0.474 e. The van der Waals surface area contributed by atoms with Gasteiger partial charge in [-0.3, -0.25) is 9.69 Å². The summed E-state index contributed by atoms with van der Waals surface area (Å²) in [4.78, 5) is 29.7. The number of nitriles is 1. The molecule has 2 amide bonds. The van der Waals surface area contributed by atoms with E-state index in [0.717, 1.165) is 0 Å². The molecule has 0 unspecified atom stereocenters. The van der Waals surface area contributed by atoms with Crippen LogP contribution in [0, 0.1) is 22.6 Å². The van der Waals surface area contributed by atoms with Crippen molar-refractivity contribution >= 4 is 40.8 Å². The quantitative estimate of drug-likeness (QED) is 0.661. The number of rotatable bonds is 5. The van der Waals surface area contributed by atoms with Crippen molar-refractivity contribution in [2.24, 2.45) is 5.41 Å². The van der Waals surface area contributed by atoms with E-state index in [1.807, 2.05) is 4.90 Å². The van der Waals surface area contributed by atoms with Crippen LogP contribution < -0.4 is 15.1 Å². The molecule has 0 bridgehead atoms. The number of nitrogens with zero attached hydrogens (tertiary/aromatic N) is 4. The van der Waals surface area contributed by atoms with Gasteiger partial charge in [-0.15, -0.1) is 0 Å². The molecule has 1 atom stereocenters. The van der Waals surface area contributed by atoms with Gasteiger partial charge in [-0.25, -0.2) is 9.18 Å². The summed E-state index contributed by atoms with van der Waals surface area (Å²) in [7, 11) is 1.44. The first-order valence-corrected chi connectivity index (χ1v) is 10.8. The number of cyclic esters (lactones) is 1. The Kier molecular flexibility index (Phi) is 6.06. The van der Waals surface area contributed by atoms with Crippen LogP contribution in [0.5, 0.6) is 0 Å². The minimum Gasteiger partial charge on any atom is -0.474 e. The number of piperazine rings is 1. The summed E-state index contributed by atoms with van der Waals surface area (Å²) in [6, 6.07) is 6.77. The van der Waals surface area contributed by atoms with Gasteiger partial charge in [0, 0.05) is 26.2 Å². The van der Waals surface area contributed by atoms with Crippen LogP contribution in [-0.4, -0.2) is 74.6 Å². The Hall–Kier alpha value is -3.13. The summed E-state index contributed by atoms with van der Waals surface area (Å²) in [6.07, 6.45) is 0.249. The maximum atomic E-state index is 14.9. The number of hydrogen-bond acceptors (Lipinski definition) is 7. The number of halogens is 1. The summed E-state index contributed by atoms with van der Waals surface area (Å²) in [6.45, 7) is 2.40. The molecule has 3 fully saturated rings. The molecule has 1 saturated carbocycles. The maximum Gasteiger partial charge on any atom is 0.414 e. The minimum atomic E-state index is -0.832. The van der Waals surface area contributed by atoms with Crippen molar-refractivity contribution in [1.82, 2.24) is 10.2 Å². The molecule has 1 aliphatic carbocycles. The zero-order valence-corrected chi connectivity index (χ0v) is 18.5. The van der Waals surface area contributed by atoms with E-state index in [1.165, 1.54) is 18.1 Å². The number of amides is 2. The van der Waals surface area contributed by atoms with E-state index in [9.17, 15) is 19.2 Å². The van der Waals surface area contributed by atoms with Gasteiger partial charge in [0.15, 0.2) is 0 Å². The molecule has 1 N–H and O–H groups in total. The highest BCUT2D eigenvalue weighted by molar-refractivity contribution is 7.80. The smallest absolute Gasteiger partial charge is 0.414 e. The van der Waals surface area contributed by atoms with Crippen LogP contribution in [0.15, 0.2) is 18.2 Å². The maximum absolute atomic E-state index is 14.9. The van der Waals surface area contributed by atoms with Crippen LogP contribution >= 0.6 is 12.2 Å². The van der Waals surface area contributed by atoms with E-state index in [-0.39, 0.29) is 17.6 Å². The third-order valence-electron chi connectivity index (χ3n) is 6.06. The average Bonchev–Trinajstić information content (AvgIpc) is 3.53. The highest BCUT2D eigenvalue weighted by Crippen LogP contribution is 2.46. The van der Waals surface area contributed by atoms with Crippen LogP contribution in [0.2, 0.25) is 0 Å². The Bertz CT molecular complexity index is 971. The molecular weight excluding hydrogens is 437 g/mol. The SMILES string of the molecule is COC(=S)NC[C@H]1CN(c2ccc(N3CCN(C(=O)C4(C#N)CC4)CC3)c(F)c2)C(=O)O1. The molecule has 170 valence electrons. The fourth-order valence-electron chi connectivity index (χ4n) is 3.98. The lowest BCUT2D eigenvalue weighted by Gasteiger charge is -2.37. The summed E-state index contributed by atoms with van der Waals surface area (Å²) in [5.74, 6) is -0.564. The fourth-order valence-corrected chi connectivity index (χ4v) is 4.06. The number of methoxy groups -OCH3 is 1. The average molecular weight is 462 g/mol. The van der Waals surface area contributed by atoms with Gasteiger partial charge in [0.05, 0.1) is 37.6 Å². The van der Waals surface area contributed by atoms with Gasteiger partial charge in [0.2, 0.25) is 5.91 Å². The monoisotopic (exact) mass is 461 g/mol. The van der Waals surface area contributed by atoms with Gasteiger partial charge < -0.3 is 24.6 Å². The van der Waals surface area contributed by atoms with Gasteiger partial charge in [-0.2, -0.15) is 5.26 Å². The van der Waals surface area contributed by atoms with E-state index in [4.69, 9.17) is 21.7 Å². The van der Waals surface area contributed by atoms with Crippen LogP contribution in [0.25, 0.3) is 0 Å². The second-order valence-corrected chi connectivity index (χ2v) is 8.47. The molecule has 32 heavy (non-hydrogen) atoms. The Labute approximate surface area is 190 Å². The van der Waals surface area contributed by atoms with Crippen LogP contribution in [-0.2, 0) is 14.3 Å². The van der Waals surface area contributed by atoms with E-state index >= 15 is 0 Å². The van der Waals surface area contributed by atoms with E-state index in [0.29, 0.717) is 56.9 Å². The zero-order valence-electron chi connectivity index (χ0n) is 17.7. The molecule has 0 radical (unpaired) electrons. The summed E-state index contributed by atoms with van der Waals surface area (Å²) in [5.41, 5.74) is -0.00794. The molecule has 2 heterocycles. The zero-order chi connectivity index (χ0) is 22.9. The molecule has 3 aliphatic rings. The van der Waals surface area contributed by atoms with Crippen molar-refractivity contribution < 1.29 is 23.5 Å². The number of carbonyl (C=O) groups is 2. The van der Waals surface area contributed by atoms with E-state index in [2.05, 4.69) is 11.4 Å². The molecule has 1 aromatic carbocycles. The molecule has 0 aromatic heterocycles. The van der Waals surface area contributed by atoms with E-state index < -0.39 is 23.4 Å². The standard InChI is InChI=1S/C21H24FN5O4S/c1-30-19(32)24-11-15-12-27(20(29)31-15)14-2-3-17(16(22)10-14)25-6-8-26(9-7-25)18(28)21(13-23)4-5-21/h2-3,10,15H,4-9,11-12H2,1H3,(H,24,32)/t15-/m0/s1. The van der Waals surface area contributed by atoms with Gasteiger partial charge >= 0.3 is 6.09 Å². The van der Waals surface area contributed by atoms with Gasteiger partial charge in [0.25, 0.3) is 5.17 Å². The number of thiocarbonyl (C=S) groups is 1. The highest BCUT2D eigenvalue weighted by atomic mass is 32.1. The Balaban J connectivity index is 1.36. The van der Waals surface area contributed by atoms with Gasteiger partial charge in [-0.1, -0.05) is 0 Å². The number of hydrogen-bond donors (Lipinski definition) is 1. The molecule has 0 spiro atoms. The molecule has 9 nitrogen and oxygen atoms in total. The Morgan fingerprint density at radius 3 is 2.69 bits per heavy atom. The van der Waals surface area contributed by atoms with Gasteiger partial charge in [0.1, 0.15) is 17.3 Å². The van der Waals surface area contributed by atoms with Crippen molar-refractivity contribution in [2.45, 2.75) is 18.9 Å². The predicted octanol–water partition coefficient (Wildman–Crippen LogP) is 1.62. The Morgan fingerprint density at radius 2 is 2.09 bits per heavy atom. The van der Waals surface area contributed by atoms with Crippen molar-refractivity contribution in [3.05, 3.63) is 24.0 Å². The topological polar surface area (TPSA) is 98.1 Å². The Morgan fingerprint density at radius 1 is 1.38 bits per heavy atom. The van der Waals surface area contributed by atoms with Crippen LogP contribution in [0.3, 0.4) is 0 Å². The molecule has 11 heteroatoms. The molecule has 1 aromatic rings. The third-order valence-corrected chi connectivity index (χ3v) is 6.37. The second-order valence-electron chi connectivity index (χ2n) is 8.10. The predicted molar refractivity (Wildman–Crippen MR) is 118 cm³/mol. The first-order chi connectivity index (χ1) is 15.4. The summed E-state index contributed by atoms with van der Waals surface area (Å²) < 4.78 is 25.1. The normalized spacial score (nSPS) is 21.6. The van der Waals surface area contributed by atoms with Crippen molar-refractivity contribution in [1.29, 1.82) is 5.26 Å². The number of nitrogens with one attached hydrogen (secondary N) is 1. The number of ether oxygens (including phenoxy) is 2. The second kappa shape index (κ2) is 8.78. The fraction of sp³-hybridized carbons (Fsp3) is 0.524. The molecular formula is C21H24FN5O4S. The number of benzene rings is 1. The number of anilines is 2. The lowest BCUT2D eigenvalue weighted by molar-refractivity contribution is -0.135. The van der Waals surface area contributed by atoms with Crippen LogP contribution in [0.4, 0.5) is 20.6 Å². The number of carbonyl (C=O) groups excluding carboxylic acids is 2. The van der Waals surface area contributed by atoms with Gasteiger partial charge in [-0.05, 0) is 43.3 Å². The van der Waals surface area contributed by atoms with E-state index in [1.54, 1.807) is 17.0 Å². The minimum absolute atomic E-state index is 0.113. The van der Waals surface area contributed by atoms with Crippen LogP contribution in [0.1, 0.15) is 12.8 Å². The third kappa shape index (κ3) is 4.27. The lowest BCUT2D eigenvalue weighted by atomic mass is 10.1. The highest BCUT2D eigenvalue weighted by Gasteiger charge is 2.52. The lowest BCUT2D eigenvalue weighted by Crippen LogP contribution is -2.51.